The van der Waals surface area contributed by atoms with Crippen molar-refractivity contribution in [2.75, 3.05) is 13.7 Å². The predicted molar refractivity (Wildman–Crippen MR) is 127 cm³/mol. The molecule has 0 bridgehead atoms. The summed E-state index contributed by atoms with van der Waals surface area (Å²) in [6, 6.07) is 10.6. The first-order valence-electron chi connectivity index (χ1n) is 11.3. The lowest BCUT2D eigenvalue weighted by Gasteiger charge is -2.20. The Kier molecular flexibility index (Phi) is 6.13. The third-order valence-electron chi connectivity index (χ3n) is 6.26. The topological polar surface area (TPSA) is 92.8 Å². The molecule has 0 radical (unpaired) electrons. The molecular weight excluding hydrogens is 490 g/mol. The van der Waals surface area contributed by atoms with Crippen LogP contribution in [0.2, 0.25) is 0 Å². The van der Waals surface area contributed by atoms with Gasteiger partial charge in [-0.2, -0.15) is 18.4 Å². The predicted octanol–water partition coefficient (Wildman–Crippen LogP) is 4.91. The number of aromatic nitrogens is 3. The molecule has 1 aliphatic heterocycles. The van der Waals surface area contributed by atoms with Crippen molar-refractivity contribution in [1.29, 1.82) is 5.26 Å². The minimum absolute atomic E-state index is 0.00921. The van der Waals surface area contributed by atoms with E-state index in [1.54, 1.807) is 0 Å². The van der Waals surface area contributed by atoms with E-state index in [0.717, 1.165) is 18.7 Å². The van der Waals surface area contributed by atoms with Crippen LogP contribution in [0.3, 0.4) is 0 Å². The minimum Gasteiger partial charge on any atom is -0.494 e. The molecule has 4 aromatic rings. The van der Waals surface area contributed by atoms with Crippen LogP contribution in [0.15, 0.2) is 53.5 Å². The van der Waals surface area contributed by atoms with E-state index in [4.69, 9.17) is 9.72 Å². The zero-order valence-corrected chi connectivity index (χ0v) is 19.4. The Hall–Kier alpha value is -4.30. The maximum absolute atomic E-state index is 14.6. The van der Waals surface area contributed by atoms with Crippen molar-refractivity contribution < 1.29 is 22.3 Å². The fourth-order valence-corrected chi connectivity index (χ4v) is 4.50. The smallest absolute Gasteiger partial charge is 0.433 e. The number of hydrogen-bond acceptors (Lipinski definition) is 6. The van der Waals surface area contributed by atoms with E-state index in [1.807, 2.05) is 6.07 Å². The number of fused-ring (bicyclic) bond motifs is 1. The van der Waals surface area contributed by atoms with Gasteiger partial charge < -0.3 is 10.1 Å². The highest BCUT2D eigenvalue weighted by Gasteiger charge is 2.32. The standard InChI is InChI=1S/C26H19F4N5O2/c1-37-21-6-5-16(11-19(21)27)35-24(20-3-2-8-32-20)34-23-17(9-14(12-31)10-18(23)25(35)36)15-4-7-22(33-13-15)26(28,29)30/h4-7,9-11,13,20,32H,2-3,8H2,1H3/t20-/m1/s1. The Morgan fingerprint density at radius 1 is 1.19 bits per heavy atom. The molecule has 188 valence electrons. The molecule has 7 nitrogen and oxygen atoms in total. The van der Waals surface area contributed by atoms with Crippen molar-refractivity contribution >= 4 is 10.9 Å². The second-order valence-corrected chi connectivity index (χ2v) is 8.54. The van der Waals surface area contributed by atoms with Gasteiger partial charge in [-0.25, -0.2) is 9.37 Å². The van der Waals surface area contributed by atoms with Crippen LogP contribution in [0.1, 0.15) is 36.0 Å². The highest BCUT2D eigenvalue weighted by Crippen LogP contribution is 2.33. The van der Waals surface area contributed by atoms with E-state index in [-0.39, 0.29) is 39.5 Å². The first kappa shape index (κ1) is 24.4. The van der Waals surface area contributed by atoms with Gasteiger partial charge in [0, 0.05) is 23.4 Å². The van der Waals surface area contributed by atoms with Crippen molar-refractivity contribution in [2.24, 2.45) is 0 Å². The molecule has 0 unspecified atom stereocenters. The summed E-state index contributed by atoms with van der Waals surface area (Å²) in [6.07, 6.45) is -2.07. The summed E-state index contributed by atoms with van der Waals surface area (Å²) < 4.78 is 60.0. The van der Waals surface area contributed by atoms with Crippen LogP contribution in [0.25, 0.3) is 27.7 Å². The highest BCUT2D eigenvalue weighted by atomic mass is 19.4. The van der Waals surface area contributed by atoms with Crippen molar-refractivity contribution in [3.05, 3.63) is 81.9 Å². The number of pyridine rings is 1. The Morgan fingerprint density at radius 2 is 2.00 bits per heavy atom. The average molecular weight is 509 g/mol. The molecule has 1 atom stereocenters. The summed E-state index contributed by atoms with van der Waals surface area (Å²) >= 11 is 0. The fraction of sp³-hybridized carbons (Fsp3) is 0.231. The number of methoxy groups -OCH3 is 1. The first-order valence-corrected chi connectivity index (χ1v) is 11.3. The van der Waals surface area contributed by atoms with E-state index < -0.39 is 23.2 Å². The number of nitriles is 1. The maximum Gasteiger partial charge on any atom is 0.433 e. The summed E-state index contributed by atoms with van der Waals surface area (Å²) in [6.45, 7) is 0.693. The molecule has 0 amide bonds. The molecule has 1 saturated heterocycles. The first-order chi connectivity index (χ1) is 17.7. The maximum atomic E-state index is 14.6. The van der Waals surface area contributed by atoms with E-state index in [2.05, 4.69) is 10.3 Å². The van der Waals surface area contributed by atoms with Crippen molar-refractivity contribution in [3.8, 4) is 28.6 Å². The number of benzene rings is 2. The Balaban J connectivity index is 1.81. The highest BCUT2D eigenvalue weighted by molar-refractivity contribution is 5.94. The van der Waals surface area contributed by atoms with Crippen molar-refractivity contribution in [1.82, 2.24) is 19.9 Å². The number of alkyl halides is 3. The quantitative estimate of drug-likeness (QED) is 0.393. The zero-order chi connectivity index (χ0) is 26.3. The second-order valence-electron chi connectivity index (χ2n) is 8.54. The number of ether oxygens (including phenoxy) is 1. The van der Waals surface area contributed by atoms with Gasteiger partial charge in [-0.05, 0) is 49.7 Å². The van der Waals surface area contributed by atoms with Crippen LogP contribution in [-0.4, -0.2) is 28.2 Å². The molecule has 1 N–H and O–H groups in total. The van der Waals surface area contributed by atoms with Gasteiger partial charge in [0.15, 0.2) is 11.6 Å². The lowest BCUT2D eigenvalue weighted by Crippen LogP contribution is -2.29. The molecule has 3 heterocycles. The van der Waals surface area contributed by atoms with Gasteiger partial charge in [0.1, 0.15) is 11.5 Å². The Bertz CT molecular complexity index is 1600. The normalized spacial score (nSPS) is 15.6. The molecule has 5 rings (SSSR count). The Morgan fingerprint density at radius 3 is 2.59 bits per heavy atom. The van der Waals surface area contributed by atoms with E-state index in [9.17, 15) is 27.6 Å². The summed E-state index contributed by atoms with van der Waals surface area (Å²) in [5.41, 5.74) is -0.511. The van der Waals surface area contributed by atoms with Crippen LogP contribution in [0, 0.1) is 17.1 Å². The summed E-state index contributed by atoms with van der Waals surface area (Å²) in [5, 5.41) is 13.0. The number of hydrogen-bond donors (Lipinski definition) is 1. The van der Waals surface area contributed by atoms with Crippen LogP contribution >= 0.6 is 0 Å². The van der Waals surface area contributed by atoms with E-state index in [0.29, 0.717) is 24.4 Å². The van der Waals surface area contributed by atoms with E-state index in [1.165, 1.54) is 48.1 Å². The molecule has 0 spiro atoms. The van der Waals surface area contributed by atoms with Gasteiger partial charge in [-0.1, -0.05) is 6.07 Å². The summed E-state index contributed by atoms with van der Waals surface area (Å²) in [7, 11) is 1.33. The molecule has 2 aromatic carbocycles. The van der Waals surface area contributed by atoms with Gasteiger partial charge in [-0.15, -0.1) is 0 Å². The molecular formula is C26H19F4N5O2. The van der Waals surface area contributed by atoms with Crippen LogP contribution in [0.5, 0.6) is 5.75 Å². The number of nitrogens with zero attached hydrogens (tertiary/aromatic N) is 4. The number of halogens is 4. The number of nitrogens with one attached hydrogen (secondary N) is 1. The monoisotopic (exact) mass is 509 g/mol. The van der Waals surface area contributed by atoms with Gasteiger partial charge >= 0.3 is 6.18 Å². The van der Waals surface area contributed by atoms with Crippen molar-refractivity contribution in [2.45, 2.75) is 25.1 Å². The van der Waals surface area contributed by atoms with Crippen LogP contribution in [0.4, 0.5) is 17.6 Å². The Labute approximate surface area is 208 Å². The van der Waals surface area contributed by atoms with Crippen LogP contribution in [-0.2, 0) is 6.18 Å². The van der Waals surface area contributed by atoms with E-state index >= 15 is 0 Å². The summed E-state index contributed by atoms with van der Waals surface area (Å²) in [4.78, 5) is 22.2. The molecule has 2 aromatic heterocycles. The van der Waals surface area contributed by atoms with Gasteiger partial charge in [0.05, 0.1) is 41.4 Å². The molecule has 0 saturated carbocycles. The fourth-order valence-electron chi connectivity index (χ4n) is 4.50. The summed E-state index contributed by atoms with van der Waals surface area (Å²) in [5.74, 6) is -0.333. The van der Waals surface area contributed by atoms with Gasteiger partial charge in [0.2, 0.25) is 0 Å². The van der Waals surface area contributed by atoms with Gasteiger partial charge in [0.25, 0.3) is 5.56 Å². The molecule has 37 heavy (non-hydrogen) atoms. The average Bonchev–Trinajstić information content (AvgIpc) is 3.42. The zero-order valence-electron chi connectivity index (χ0n) is 19.4. The lowest BCUT2D eigenvalue weighted by atomic mass is 10.00. The third-order valence-corrected chi connectivity index (χ3v) is 6.26. The second kappa shape index (κ2) is 9.29. The largest absolute Gasteiger partial charge is 0.494 e. The number of rotatable bonds is 4. The molecule has 0 aliphatic carbocycles. The third kappa shape index (κ3) is 4.40. The lowest BCUT2D eigenvalue weighted by molar-refractivity contribution is -0.141. The van der Waals surface area contributed by atoms with Gasteiger partial charge in [-0.3, -0.25) is 14.3 Å². The SMILES string of the molecule is COc1ccc(-n2c([C@H]3CCCN3)nc3c(-c4ccc(C(F)(F)F)nc4)cc(C#N)cc3c2=O)cc1F. The molecule has 1 fully saturated rings. The minimum atomic E-state index is -4.62. The van der Waals surface area contributed by atoms with Crippen molar-refractivity contribution in [3.63, 3.8) is 0 Å². The molecule has 11 heteroatoms. The van der Waals surface area contributed by atoms with Crippen LogP contribution < -0.4 is 15.6 Å². The molecule has 1 aliphatic rings.